The predicted octanol–water partition coefficient (Wildman–Crippen LogP) is 6.48. The predicted molar refractivity (Wildman–Crippen MR) is 148 cm³/mol. The zero-order chi connectivity index (χ0) is 23.2. The monoisotopic (exact) mass is 579 g/mol. The second kappa shape index (κ2) is 11.8. The summed E-state index contributed by atoms with van der Waals surface area (Å²) >= 11 is 13.2. The zero-order valence-corrected chi connectivity index (χ0v) is 22.6. The average Bonchev–Trinajstić information content (AvgIpc) is 3.24. The van der Waals surface area contributed by atoms with Crippen molar-refractivity contribution in [2.75, 3.05) is 29.9 Å². The van der Waals surface area contributed by atoms with E-state index < -0.39 is 0 Å². The SMILES string of the molecule is O=C(CSC(=S)N1CCCCC1)Nc1ccc2nc(SCC(=O)c3ccc(Br)cc3)sc2c1. The smallest absolute Gasteiger partial charge is 0.234 e. The highest BCUT2D eigenvalue weighted by Gasteiger charge is 2.15. The van der Waals surface area contributed by atoms with Crippen molar-refractivity contribution in [3.63, 3.8) is 0 Å². The number of halogens is 1. The topological polar surface area (TPSA) is 62.3 Å². The Morgan fingerprint density at radius 1 is 1.09 bits per heavy atom. The summed E-state index contributed by atoms with van der Waals surface area (Å²) in [7, 11) is 0. The summed E-state index contributed by atoms with van der Waals surface area (Å²) in [5, 5.41) is 2.95. The van der Waals surface area contributed by atoms with Crippen LogP contribution in [0.5, 0.6) is 0 Å². The number of ketones is 1. The van der Waals surface area contributed by atoms with Crippen molar-refractivity contribution in [3.8, 4) is 0 Å². The van der Waals surface area contributed by atoms with Gasteiger partial charge < -0.3 is 10.2 Å². The maximum atomic E-state index is 12.4. The number of piperidine rings is 1. The van der Waals surface area contributed by atoms with E-state index in [2.05, 4.69) is 31.1 Å². The number of aromatic nitrogens is 1. The number of Topliss-reactive ketones (excluding diaryl/α,β-unsaturated/α-hetero) is 1. The lowest BCUT2D eigenvalue weighted by Gasteiger charge is -2.28. The maximum absolute atomic E-state index is 12.4. The number of rotatable bonds is 7. The number of hydrogen-bond acceptors (Lipinski definition) is 7. The van der Waals surface area contributed by atoms with Gasteiger partial charge in [0.15, 0.2) is 10.1 Å². The van der Waals surface area contributed by atoms with Gasteiger partial charge in [0.05, 0.1) is 21.7 Å². The molecule has 33 heavy (non-hydrogen) atoms. The molecule has 1 fully saturated rings. The number of thioether (sulfide) groups is 2. The Balaban J connectivity index is 1.29. The molecule has 1 saturated heterocycles. The molecule has 10 heteroatoms. The van der Waals surface area contributed by atoms with Crippen LogP contribution in [-0.2, 0) is 4.79 Å². The quantitative estimate of drug-likeness (QED) is 0.195. The first kappa shape index (κ1) is 24.7. The van der Waals surface area contributed by atoms with Gasteiger partial charge in [-0.1, -0.05) is 63.8 Å². The number of nitrogens with one attached hydrogen (secondary N) is 1. The van der Waals surface area contributed by atoms with Crippen molar-refractivity contribution in [1.82, 2.24) is 9.88 Å². The van der Waals surface area contributed by atoms with E-state index in [1.807, 2.05) is 42.5 Å². The molecule has 172 valence electrons. The minimum Gasteiger partial charge on any atom is -0.358 e. The molecule has 4 rings (SSSR count). The van der Waals surface area contributed by atoms with Gasteiger partial charge in [-0.25, -0.2) is 4.98 Å². The summed E-state index contributed by atoms with van der Waals surface area (Å²) in [4.78, 5) is 31.6. The van der Waals surface area contributed by atoms with Gasteiger partial charge in [-0.2, -0.15) is 0 Å². The molecular formula is C23H22BrN3O2S4. The summed E-state index contributed by atoms with van der Waals surface area (Å²) in [6.07, 6.45) is 3.59. The maximum Gasteiger partial charge on any atom is 0.234 e. The van der Waals surface area contributed by atoms with Crippen molar-refractivity contribution < 1.29 is 9.59 Å². The highest BCUT2D eigenvalue weighted by molar-refractivity contribution is 9.10. The number of carbonyl (C=O) groups is 2. The number of anilines is 1. The van der Waals surface area contributed by atoms with Crippen molar-refractivity contribution in [2.45, 2.75) is 23.6 Å². The van der Waals surface area contributed by atoms with E-state index >= 15 is 0 Å². The summed E-state index contributed by atoms with van der Waals surface area (Å²) in [5.41, 5.74) is 2.29. The van der Waals surface area contributed by atoms with Crippen LogP contribution >= 0.6 is 63.0 Å². The fourth-order valence-electron chi connectivity index (χ4n) is 3.38. The number of thiazole rings is 1. The fourth-order valence-corrected chi connectivity index (χ4v) is 6.70. The first-order chi connectivity index (χ1) is 16.0. The molecule has 3 aromatic rings. The van der Waals surface area contributed by atoms with Gasteiger partial charge in [-0.3, -0.25) is 9.59 Å². The lowest BCUT2D eigenvalue weighted by Crippen LogP contribution is -2.33. The van der Waals surface area contributed by atoms with Gasteiger partial charge in [0.1, 0.15) is 4.32 Å². The normalized spacial score (nSPS) is 13.8. The molecule has 0 spiro atoms. The Labute approximate surface area is 219 Å². The molecule has 1 N–H and O–H groups in total. The lowest BCUT2D eigenvalue weighted by molar-refractivity contribution is -0.113. The molecule has 2 aromatic carbocycles. The van der Waals surface area contributed by atoms with Crippen LogP contribution < -0.4 is 5.32 Å². The molecule has 0 bridgehead atoms. The van der Waals surface area contributed by atoms with Gasteiger partial charge in [-0.15, -0.1) is 11.3 Å². The zero-order valence-electron chi connectivity index (χ0n) is 17.7. The molecule has 0 atom stereocenters. The van der Waals surface area contributed by atoms with Crippen LogP contribution in [0.1, 0.15) is 29.6 Å². The fraction of sp³-hybridized carbons (Fsp3) is 0.304. The Bertz CT molecular complexity index is 1160. The van der Waals surface area contributed by atoms with E-state index in [0.717, 1.165) is 42.1 Å². The number of likely N-dealkylation sites (tertiary alicyclic amines) is 1. The third kappa shape index (κ3) is 7.02. The van der Waals surface area contributed by atoms with Gasteiger partial charge >= 0.3 is 0 Å². The lowest BCUT2D eigenvalue weighted by atomic mass is 10.1. The number of amides is 1. The number of hydrogen-bond donors (Lipinski definition) is 1. The third-order valence-electron chi connectivity index (χ3n) is 5.09. The molecule has 0 aliphatic carbocycles. The van der Waals surface area contributed by atoms with Crippen LogP contribution in [-0.4, -0.2) is 50.5 Å². The summed E-state index contributed by atoms with van der Waals surface area (Å²) in [6.45, 7) is 1.98. The minimum absolute atomic E-state index is 0.0691. The Morgan fingerprint density at radius 2 is 1.85 bits per heavy atom. The van der Waals surface area contributed by atoms with Gasteiger partial charge in [0.25, 0.3) is 0 Å². The minimum atomic E-state index is -0.0714. The molecular weight excluding hydrogens is 558 g/mol. The first-order valence-corrected chi connectivity index (χ1v) is 14.5. The molecule has 1 amide bonds. The third-order valence-corrected chi connectivity index (χ3v) is 9.30. The Kier molecular flexibility index (Phi) is 8.81. The van der Waals surface area contributed by atoms with E-state index in [-0.39, 0.29) is 11.7 Å². The van der Waals surface area contributed by atoms with Crippen molar-refractivity contribution in [2.24, 2.45) is 0 Å². The van der Waals surface area contributed by atoms with Crippen LogP contribution in [0.4, 0.5) is 5.69 Å². The summed E-state index contributed by atoms with van der Waals surface area (Å²) in [6, 6.07) is 13.0. The van der Waals surface area contributed by atoms with Crippen LogP contribution in [0.3, 0.4) is 0 Å². The highest BCUT2D eigenvalue weighted by Crippen LogP contribution is 2.32. The van der Waals surface area contributed by atoms with Crippen molar-refractivity contribution in [3.05, 3.63) is 52.5 Å². The Morgan fingerprint density at radius 3 is 2.61 bits per heavy atom. The van der Waals surface area contributed by atoms with Crippen molar-refractivity contribution in [1.29, 1.82) is 0 Å². The van der Waals surface area contributed by atoms with Crippen molar-refractivity contribution >= 4 is 94.9 Å². The number of nitrogens with zero attached hydrogens (tertiary/aromatic N) is 2. The average molecular weight is 581 g/mol. The van der Waals surface area contributed by atoms with Crippen LogP contribution in [0.25, 0.3) is 10.2 Å². The van der Waals surface area contributed by atoms with Gasteiger partial charge in [0, 0.05) is 28.8 Å². The van der Waals surface area contributed by atoms with Crippen LogP contribution in [0.15, 0.2) is 51.3 Å². The first-order valence-electron chi connectivity index (χ1n) is 10.5. The molecule has 1 aliphatic rings. The van der Waals surface area contributed by atoms with Crippen LogP contribution in [0, 0.1) is 0 Å². The second-order valence-corrected chi connectivity index (χ2v) is 12.3. The molecule has 0 unspecified atom stereocenters. The van der Waals surface area contributed by atoms with Crippen LogP contribution in [0.2, 0.25) is 0 Å². The second-order valence-electron chi connectivity index (χ2n) is 7.53. The number of benzene rings is 2. The van der Waals surface area contributed by atoms with E-state index in [1.165, 1.54) is 54.1 Å². The van der Waals surface area contributed by atoms with E-state index in [4.69, 9.17) is 12.2 Å². The highest BCUT2D eigenvalue weighted by atomic mass is 79.9. The summed E-state index contributed by atoms with van der Waals surface area (Å²) in [5.74, 6) is 0.631. The molecule has 0 saturated carbocycles. The summed E-state index contributed by atoms with van der Waals surface area (Å²) < 4.78 is 3.57. The van der Waals surface area contributed by atoms with E-state index in [0.29, 0.717) is 17.1 Å². The number of carbonyl (C=O) groups excluding carboxylic acids is 2. The number of fused-ring (bicyclic) bond motifs is 1. The van der Waals surface area contributed by atoms with E-state index in [9.17, 15) is 9.59 Å². The Hall–Kier alpha value is -1.46. The largest absolute Gasteiger partial charge is 0.358 e. The molecule has 5 nitrogen and oxygen atoms in total. The van der Waals surface area contributed by atoms with Gasteiger partial charge in [0.2, 0.25) is 5.91 Å². The number of thiocarbonyl (C=S) groups is 1. The molecule has 0 radical (unpaired) electrons. The standard InChI is InChI=1S/C23H22BrN3O2S4/c24-16-6-4-15(5-7-16)19(28)13-31-22-26-18-9-8-17(12-20(18)33-22)25-21(29)14-32-23(30)27-10-2-1-3-11-27/h4-9,12H,1-3,10-11,13-14H2,(H,25,29). The molecule has 1 aromatic heterocycles. The molecule has 2 heterocycles. The molecule has 1 aliphatic heterocycles. The van der Waals surface area contributed by atoms with E-state index in [1.54, 1.807) is 0 Å². The van der Waals surface area contributed by atoms with Gasteiger partial charge in [-0.05, 0) is 49.6 Å².